The highest BCUT2D eigenvalue weighted by molar-refractivity contribution is 6.39. The Bertz CT molecular complexity index is 1020. The van der Waals surface area contributed by atoms with Crippen LogP contribution in [0.1, 0.15) is 5.56 Å². The van der Waals surface area contributed by atoms with E-state index >= 15 is 0 Å². The standard InChI is InChI=1S/C17H9ClFN3O5/c18-14-6-5-12(22(26)27)7-9(14)8-13-15(23)20-17(25)21(16(13)24)11-3-1-10(19)2-4-11/h1-8H,(H,20,23,25)/b13-8+. The lowest BCUT2D eigenvalue weighted by atomic mass is 10.1. The van der Waals surface area contributed by atoms with Crippen molar-refractivity contribution in [2.24, 2.45) is 0 Å². The number of non-ortho nitro benzene ring substituents is 1. The number of hydrogen-bond donors (Lipinski definition) is 1. The minimum absolute atomic E-state index is 0.0439. The van der Waals surface area contributed by atoms with E-state index in [1.54, 1.807) is 0 Å². The van der Waals surface area contributed by atoms with Gasteiger partial charge in [-0.25, -0.2) is 14.1 Å². The molecule has 10 heteroatoms. The number of hydrogen-bond acceptors (Lipinski definition) is 5. The number of rotatable bonds is 3. The number of nitrogens with one attached hydrogen (secondary N) is 1. The Morgan fingerprint density at radius 1 is 1.11 bits per heavy atom. The first-order valence-corrected chi connectivity index (χ1v) is 7.76. The lowest BCUT2D eigenvalue weighted by Crippen LogP contribution is -2.54. The minimum atomic E-state index is -1.00. The summed E-state index contributed by atoms with van der Waals surface area (Å²) in [5.41, 5.74) is -0.650. The lowest BCUT2D eigenvalue weighted by molar-refractivity contribution is -0.384. The fraction of sp³-hybridized carbons (Fsp3) is 0. The maximum absolute atomic E-state index is 13.1. The van der Waals surface area contributed by atoms with Gasteiger partial charge in [0.2, 0.25) is 0 Å². The van der Waals surface area contributed by atoms with Crippen LogP contribution in [0.5, 0.6) is 0 Å². The number of amides is 4. The topological polar surface area (TPSA) is 110 Å². The van der Waals surface area contributed by atoms with Gasteiger partial charge in [-0.15, -0.1) is 0 Å². The third kappa shape index (κ3) is 3.53. The van der Waals surface area contributed by atoms with Gasteiger partial charge in [-0.1, -0.05) is 11.6 Å². The number of barbiturate groups is 1. The molecule has 0 bridgehead atoms. The first kappa shape index (κ1) is 18.2. The Balaban J connectivity index is 2.06. The third-order valence-electron chi connectivity index (χ3n) is 3.68. The van der Waals surface area contributed by atoms with Crippen molar-refractivity contribution in [3.05, 3.63) is 74.6 Å². The molecule has 0 aromatic heterocycles. The zero-order valence-corrected chi connectivity index (χ0v) is 14.1. The molecule has 8 nitrogen and oxygen atoms in total. The molecule has 1 fully saturated rings. The molecule has 0 aliphatic carbocycles. The van der Waals surface area contributed by atoms with Crippen LogP contribution in [-0.2, 0) is 9.59 Å². The summed E-state index contributed by atoms with van der Waals surface area (Å²) in [6, 6.07) is 7.00. The van der Waals surface area contributed by atoms with Gasteiger partial charge in [-0.3, -0.25) is 25.0 Å². The first-order chi connectivity index (χ1) is 12.8. The molecule has 0 saturated carbocycles. The van der Waals surface area contributed by atoms with E-state index in [4.69, 9.17) is 11.6 Å². The summed E-state index contributed by atoms with van der Waals surface area (Å²) in [5, 5.41) is 13.0. The van der Waals surface area contributed by atoms with Crippen LogP contribution in [0.4, 0.5) is 20.6 Å². The van der Waals surface area contributed by atoms with E-state index in [-0.39, 0.29) is 22.0 Å². The maximum atomic E-state index is 13.1. The molecule has 2 aromatic rings. The summed E-state index contributed by atoms with van der Waals surface area (Å²) < 4.78 is 13.1. The highest BCUT2D eigenvalue weighted by atomic mass is 35.5. The number of carbonyl (C=O) groups excluding carboxylic acids is 3. The van der Waals surface area contributed by atoms with Crippen LogP contribution in [0.25, 0.3) is 6.08 Å². The summed E-state index contributed by atoms with van der Waals surface area (Å²) in [5.74, 6) is -2.53. The van der Waals surface area contributed by atoms with Crippen molar-refractivity contribution in [2.45, 2.75) is 0 Å². The number of halogens is 2. The van der Waals surface area contributed by atoms with Crippen molar-refractivity contribution < 1.29 is 23.7 Å². The van der Waals surface area contributed by atoms with E-state index < -0.39 is 34.2 Å². The molecule has 136 valence electrons. The lowest BCUT2D eigenvalue weighted by Gasteiger charge is -2.26. The van der Waals surface area contributed by atoms with Crippen molar-refractivity contribution >= 4 is 46.9 Å². The van der Waals surface area contributed by atoms with Crippen molar-refractivity contribution in [3.63, 3.8) is 0 Å². The molecule has 3 rings (SSSR count). The number of carbonyl (C=O) groups is 3. The van der Waals surface area contributed by atoms with Crippen LogP contribution in [0, 0.1) is 15.9 Å². The molecule has 1 heterocycles. The van der Waals surface area contributed by atoms with E-state index in [0.717, 1.165) is 24.3 Å². The molecule has 27 heavy (non-hydrogen) atoms. The van der Waals surface area contributed by atoms with E-state index in [1.807, 2.05) is 5.32 Å². The molecular weight excluding hydrogens is 381 g/mol. The summed E-state index contributed by atoms with van der Waals surface area (Å²) in [7, 11) is 0. The van der Waals surface area contributed by atoms with Gasteiger partial charge >= 0.3 is 6.03 Å². The SMILES string of the molecule is O=C1NC(=O)N(c2ccc(F)cc2)C(=O)/C1=C/c1cc([N+](=O)[O-])ccc1Cl. The van der Waals surface area contributed by atoms with Crippen LogP contribution in [-0.4, -0.2) is 22.8 Å². The largest absolute Gasteiger partial charge is 0.335 e. The zero-order chi connectivity index (χ0) is 19.7. The molecular formula is C17H9ClFN3O5. The first-order valence-electron chi connectivity index (χ1n) is 7.39. The predicted molar refractivity (Wildman–Crippen MR) is 93.5 cm³/mol. The average molecular weight is 390 g/mol. The number of nitro benzene ring substituents is 1. The average Bonchev–Trinajstić information content (AvgIpc) is 2.61. The van der Waals surface area contributed by atoms with Gasteiger partial charge in [0, 0.05) is 22.7 Å². The summed E-state index contributed by atoms with van der Waals surface area (Å²) >= 11 is 5.98. The summed E-state index contributed by atoms with van der Waals surface area (Å²) in [6.45, 7) is 0. The summed E-state index contributed by atoms with van der Waals surface area (Å²) in [6.07, 6.45) is 1.05. The third-order valence-corrected chi connectivity index (χ3v) is 4.02. The summed E-state index contributed by atoms with van der Waals surface area (Å²) in [4.78, 5) is 47.7. The van der Waals surface area contributed by atoms with Crippen LogP contribution >= 0.6 is 11.6 Å². The highest BCUT2D eigenvalue weighted by Gasteiger charge is 2.37. The molecule has 1 saturated heterocycles. The molecule has 1 N–H and O–H groups in total. The van der Waals surface area contributed by atoms with Crippen molar-refractivity contribution in [1.29, 1.82) is 0 Å². The normalized spacial score (nSPS) is 15.9. The molecule has 0 unspecified atom stereocenters. The van der Waals surface area contributed by atoms with Gasteiger partial charge in [-0.2, -0.15) is 0 Å². The van der Waals surface area contributed by atoms with Gasteiger partial charge < -0.3 is 0 Å². The zero-order valence-electron chi connectivity index (χ0n) is 13.3. The second kappa shape index (κ2) is 6.96. The number of nitro groups is 1. The van der Waals surface area contributed by atoms with E-state index in [1.165, 1.54) is 24.3 Å². The smallest absolute Gasteiger partial charge is 0.273 e. The quantitative estimate of drug-likeness (QED) is 0.375. The number of urea groups is 1. The minimum Gasteiger partial charge on any atom is -0.273 e. The molecule has 0 atom stereocenters. The van der Waals surface area contributed by atoms with Gasteiger partial charge in [0.1, 0.15) is 11.4 Å². The van der Waals surface area contributed by atoms with Gasteiger partial charge in [0.25, 0.3) is 17.5 Å². The molecule has 4 amide bonds. The van der Waals surface area contributed by atoms with Crippen LogP contribution in [0.15, 0.2) is 48.0 Å². The van der Waals surface area contributed by atoms with Crippen molar-refractivity contribution in [2.75, 3.05) is 4.90 Å². The van der Waals surface area contributed by atoms with Gasteiger partial charge in [-0.05, 0) is 36.4 Å². The Morgan fingerprint density at radius 2 is 1.78 bits per heavy atom. The molecule has 0 radical (unpaired) electrons. The molecule has 1 aliphatic rings. The molecule has 2 aromatic carbocycles. The molecule has 1 aliphatic heterocycles. The second-order valence-electron chi connectivity index (χ2n) is 5.40. The number of anilines is 1. The Kier molecular flexibility index (Phi) is 4.70. The van der Waals surface area contributed by atoms with Gasteiger partial charge in [0.05, 0.1) is 10.6 Å². The van der Waals surface area contributed by atoms with Crippen molar-refractivity contribution in [1.82, 2.24) is 5.32 Å². The Morgan fingerprint density at radius 3 is 2.41 bits per heavy atom. The number of imide groups is 2. The van der Waals surface area contributed by atoms with Crippen LogP contribution in [0.3, 0.4) is 0 Å². The second-order valence-corrected chi connectivity index (χ2v) is 5.80. The fourth-order valence-electron chi connectivity index (χ4n) is 2.39. The molecule has 0 spiro atoms. The van der Waals surface area contributed by atoms with Crippen LogP contribution in [0.2, 0.25) is 5.02 Å². The number of benzene rings is 2. The van der Waals surface area contributed by atoms with E-state index in [0.29, 0.717) is 4.90 Å². The Labute approximate surface area is 156 Å². The predicted octanol–water partition coefficient (Wildman–Crippen LogP) is 3.05. The monoisotopic (exact) mass is 389 g/mol. The fourth-order valence-corrected chi connectivity index (χ4v) is 2.57. The van der Waals surface area contributed by atoms with Crippen LogP contribution < -0.4 is 10.2 Å². The van der Waals surface area contributed by atoms with Gasteiger partial charge in [0.15, 0.2) is 0 Å². The van der Waals surface area contributed by atoms with Crippen molar-refractivity contribution in [3.8, 4) is 0 Å². The number of nitrogens with zero attached hydrogens (tertiary/aromatic N) is 2. The maximum Gasteiger partial charge on any atom is 0.335 e. The van der Waals surface area contributed by atoms with E-state index in [2.05, 4.69) is 0 Å². The highest BCUT2D eigenvalue weighted by Crippen LogP contribution is 2.27. The van der Waals surface area contributed by atoms with E-state index in [9.17, 15) is 28.9 Å². The Hall–Kier alpha value is -3.59.